The van der Waals surface area contributed by atoms with E-state index in [1.165, 1.54) is 13.2 Å². The van der Waals surface area contributed by atoms with Gasteiger partial charge >= 0.3 is 0 Å². The maximum absolute atomic E-state index is 15.1. The normalized spacial score (nSPS) is 13.8. The Kier molecular flexibility index (Phi) is 6.22. The first kappa shape index (κ1) is 23.6. The summed E-state index contributed by atoms with van der Waals surface area (Å²) >= 11 is 0. The molecule has 0 aliphatic carbocycles. The smallest absolute Gasteiger partial charge is 0.270 e. The van der Waals surface area contributed by atoms with Gasteiger partial charge < -0.3 is 24.3 Å². The summed E-state index contributed by atoms with van der Waals surface area (Å²) < 4.78 is 40.2. The van der Waals surface area contributed by atoms with E-state index in [9.17, 15) is 9.18 Å². The summed E-state index contributed by atoms with van der Waals surface area (Å²) in [5, 5.41) is 0.488. The fourth-order valence-corrected chi connectivity index (χ4v) is 4.73. The van der Waals surface area contributed by atoms with E-state index >= 15 is 4.39 Å². The number of hydrogen-bond acceptors (Lipinski definition) is 5. The van der Waals surface area contributed by atoms with Crippen LogP contribution < -0.4 is 14.4 Å². The number of pyridine rings is 1. The maximum Gasteiger partial charge on any atom is 0.270 e. The van der Waals surface area contributed by atoms with Gasteiger partial charge in [-0.1, -0.05) is 12.1 Å². The molecule has 0 radical (unpaired) electrons. The van der Waals surface area contributed by atoms with Crippen LogP contribution in [0.15, 0.2) is 48.7 Å². The Bertz CT molecular complexity index is 1440. The lowest BCUT2D eigenvalue weighted by Gasteiger charge is -2.35. The third-order valence-electron chi connectivity index (χ3n) is 6.56. The molecule has 2 aromatic carbocycles. The number of piperazine rings is 1. The first-order valence-corrected chi connectivity index (χ1v) is 11.6. The van der Waals surface area contributed by atoms with E-state index < -0.39 is 11.6 Å². The minimum Gasteiger partial charge on any atom is -0.493 e. The molecule has 1 N–H and O–H groups in total. The standard InChI is InChI=1S/C27H26F2N4O3/c1-16-14-18(17-6-4-7-20(28)25(17)36-3)19-15-21(31-24(19)23(16)29)27(34)33-12-10-32(11-13-33)26-22(35-2)8-5-9-30-26/h4-9,14-15,31H,10-13H2,1-3H3. The van der Waals surface area contributed by atoms with E-state index in [-0.39, 0.29) is 22.9 Å². The van der Waals surface area contributed by atoms with E-state index in [0.29, 0.717) is 54.0 Å². The number of amides is 1. The first-order chi connectivity index (χ1) is 17.4. The van der Waals surface area contributed by atoms with Crippen molar-refractivity contribution in [2.24, 2.45) is 0 Å². The van der Waals surface area contributed by atoms with Crippen LogP contribution in [0.25, 0.3) is 22.0 Å². The average molecular weight is 493 g/mol. The number of fused-ring (bicyclic) bond motifs is 1. The van der Waals surface area contributed by atoms with Crippen molar-refractivity contribution in [3.05, 3.63) is 71.6 Å². The van der Waals surface area contributed by atoms with Crippen LogP contribution in [0.1, 0.15) is 16.1 Å². The molecule has 1 amide bonds. The summed E-state index contributed by atoms with van der Waals surface area (Å²) in [6.45, 7) is 3.74. The number of aromatic amines is 1. The number of carbonyl (C=O) groups excluding carboxylic acids is 1. The zero-order valence-corrected chi connectivity index (χ0v) is 20.3. The number of aromatic nitrogens is 2. The van der Waals surface area contributed by atoms with Gasteiger partial charge in [-0.2, -0.15) is 0 Å². The van der Waals surface area contributed by atoms with Crippen LogP contribution in [0.4, 0.5) is 14.6 Å². The van der Waals surface area contributed by atoms with Crippen LogP contribution in [0.2, 0.25) is 0 Å². The number of carbonyl (C=O) groups is 1. The SMILES string of the molecule is COc1cccnc1N1CCN(C(=O)c2cc3c(-c4cccc(F)c4OC)cc(C)c(F)c3[nH]2)CC1. The highest BCUT2D eigenvalue weighted by molar-refractivity contribution is 6.04. The number of H-pyrrole nitrogens is 1. The number of benzene rings is 2. The van der Waals surface area contributed by atoms with Gasteiger partial charge in [0.05, 0.1) is 19.7 Å². The van der Waals surface area contributed by atoms with Crippen molar-refractivity contribution >= 4 is 22.6 Å². The van der Waals surface area contributed by atoms with E-state index in [2.05, 4.69) is 14.9 Å². The summed E-state index contributed by atoms with van der Waals surface area (Å²) in [7, 11) is 2.99. The number of nitrogens with zero attached hydrogens (tertiary/aromatic N) is 3. The number of hydrogen-bond donors (Lipinski definition) is 1. The molecule has 9 heteroatoms. The number of rotatable bonds is 5. The highest BCUT2D eigenvalue weighted by Gasteiger charge is 2.27. The molecule has 2 aromatic heterocycles. The summed E-state index contributed by atoms with van der Waals surface area (Å²) in [4.78, 5) is 24.6. The Hall–Kier alpha value is -4.14. The number of ether oxygens (including phenoxy) is 2. The van der Waals surface area contributed by atoms with Crippen molar-refractivity contribution in [1.29, 1.82) is 0 Å². The van der Waals surface area contributed by atoms with Gasteiger partial charge in [0.2, 0.25) is 0 Å². The molecule has 5 rings (SSSR count). The van der Waals surface area contributed by atoms with Crippen LogP contribution in [0.5, 0.6) is 11.5 Å². The van der Waals surface area contributed by atoms with Gasteiger partial charge in [-0.3, -0.25) is 4.79 Å². The Morgan fingerprint density at radius 1 is 1.00 bits per heavy atom. The monoisotopic (exact) mass is 492 g/mol. The lowest BCUT2D eigenvalue weighted by molar-refractivity contribution is 0.0741. The summed E-state index contributed by atoms with van der Waals surface area (Å²) in [6.07, 6.45) is 1.71. The van der Waals surface area contributed by atoms with Crippen molar-refractivity contribution in [2.45, 2.75) is 6.92 Å². The minimum atomic E-state index is -0.514. The quantitative estimate of drug-likeness (QED) is 0.434. The number of nitrogens with one attached hydrogen (secondary N) is 1. The van der Waals surface area contributed by atoms with Crippen molar-refractivity contribution < 1.29 is 23.0 Å². The second-order valence-corrected chi connectivity index (χ2v) is 8.66. The summed E-state index contributed by atoms with van der Waals surface area (Å²) in [5.41, 5.74) is 1.93. The van der Waals surface area contributed by atoms with Crippen molar-refractivity contribution in [2.75, 3.05) is 45.3 Å². The van der Waals surface area contributed by atoms with Crippen LogP contribution in [-0.4, -0.2) is 61.2 Å². The molecular formula is C27H26F2N4O3. The second kappa shape index (κ2) is 9.49. The van der Waals surface area contributed by atoms with Gasteiger partial charge in [0.15, 0.2) is 23.1 Å². The number of halogens is 2. The summed E-state index contributed by atoms with van der Waals surface area (Å²) in [6, 6.07) is 11.5. The largest absolute Gasteiger partial charge is 0.493 e. The lowest BCUT2D eigenvalue weighted by Crippen LogP contribution is -2.49. The first-order valence-electron chi connectivity index (χ1n) is 11.6. The van der Waals surface area contributed by atoms with E-state index in [0.717, 1.165) is 5.82 Å². The zero-order chi connectivity index (χ0) is 25.4. The van der Waals surface area contributed by atoms with Gasteiger partial charge in [0, 0.05) is 43.3 Å². The lowest BCUT2D eigenvalue weighted by atomic mass is 9.97. The Balaban J connectivity index is 1.45. The highest BCUT2D eigenvalue weighted by Crippen LogP contribution is 2.39. The number of methoxy groups -OCH3 is 2. The van der Waals surface area contributed by atoms with Gasteiger partial charge in [-0.25, -0.2) is 13.8 Å². The number of aryl methyl sites for hydroxylation is 1. The van der Waals surface area contributed by atoms with Crippen LogP contribution in [0, 0.1) is 18.6 Å². The molecule has 1 saturated heterocycles. The predicted octanol–water partition coefficient (Wildman–Crippen LogP) is 4.80. The van der Waals surface area contributed by atoms with Crippen LogP contribution in [0.3, 0.4) is 0 Å². The Morgan fingerprint density at radius 3 is 2.50 bits per heavy atom. The van der Waals surface area contributed by atoms with Crippen molar-refractivity contribution in [3.8, 4) is 22.6 Å². The van der Waals surface area contributed by atoms with Gasteiger partial charge in [0.1, 0.15) is 11.5 Å². The maximum atomic E-state index is 15.1. The van der Waals surface area contributed by atoms with Gasteiger partial charge in [-0.05, 0) is 48.4 Å². The van der Waals surface area contributed by atoms with E-state index in [4.69, 9.17) is 9.47 Å². The molecule has 3 heterocycles. The third-order valence-corrected chi connectivity index (χ3v) is 6.56. The number of anilines is 1. The predicted molar refractivity (Wildman–Crippen MR) is 134 cm³/mol. The second-order valence-electron chi connectivity index (χ2n) is 8.66. The molecule has 7 nitrogen and oxygen atoms in total. The van der Waals surface area contributed by atoms with E-state index in [1.807, 2.05) is 12.1 Å². The Labute approximate surface area is 207 Å². The fourth-order valence-electron chi connectivity index (χ4n) is 4.73. The zero-order valence-electron chi connectivity index (χ0n) is 20.3. The molecule has 0 bridgehead atoms. The van der Waals surface area contributed by atoms with Crippen molar-refractivity contribution in [1.82, 2.24) is 14.9 Å². The molecular weight excluding hydrogens is 466 g/mol. The van der Waals surface area contributed by atoms with Crippen LogP contribution >= 0.6 is 0 Å². The molecule has 0 atom stereocenters. The summed E-state index contributed by atoms with van der Waals surface area (Å²) in [5.74, 6) is 0.297. The molecule has 0 saturated carbocycles. The molecule has 0 spiro atoms. The molecule has 0 unspecified atom stereocenters. The van der Waals surface area contributed by atoms with Gasteiger partial charge in [0.25, 0.3) is 5.91 Å². The molecule has 36 heavy (non-hydrogen) atoms. The molecule has 1 aliphatic rings. The topological polar surface area (TPSA) is 70.7 Å². The van der Waals surface area contributed by atoms with Crippen LogP contribution in [-0.2, 0) is 0 Å². The Morgan fingerprint density at radius 2 is 1.78 bits per heavy atom. The third kappa shape index (κ3) is 4.00. The number of para-hydroxylation sites is 1. The minimum absolute atomic E-state index is 0.0694. The average Bonchev–Trinajstić information content (AvgIpc) is 3.36. The highest BCUT2D eigenvalue weighted by atomic mass is 19.1. The van der Waals surface area contributed by atoms with Crippen molar-refractivity contribution in [3.63, 3.8) is 0 Å². The molecule has 1 fully saturated rings. The fraction of sp³-hybridized carbons (Fsp3) is 0.259. The van der Waals surface area contributed by atoms with E-state index in [1.54, 1.807) is 49.4 Å². The molecule has 1 aliphatic heterocycles. The molecule has 186 valence electrons. The van der Waals surface area contributed by atoms with Gasteiger partial charge in [-0.15, -0.1) is 0 Å². The molecule has 4 aromatic rings.